The first-order valence-corrected chi connectivity index (χ1v) is 8.65. The van der Waals surface area contributed by atoms with Gasteiger partial charge in [0.1, 0.15) is 0 Å². The fraction of sp³-hybridized carbons (Fsp3) is 0.733. The Labute approximate surface area is 135 Å². The summed E-state index contributed by atoms with van der Waals surface area (Å²) in [4.78, 5) is 21.7. The van der Waals surface area contributed by atoms with Gasteiger partial charge < -0.3 is 9.47 Å². The van der Waals surface area contributed by atoms with E-state index in [1.54, 1.807) is 13.1 Å². The number of likely N-dealkylation sites (N-methyl/N-ethyl adjacent to an activating group) is 1. The molecule has 22 heavy (non-hydrogen) atoms. The summed E-state index contributed by atoms with van der Waals surface area (Å²) in [7, 11) is 2.13. The standard InChI is InChI=1S/C15H23N3O3S/c1-3-20-15(19)14-16-8-11(22-14)9-17(2)12-4-5-18-6-7-21-13(12)10-18/h8,12-13H,3-7,9-10H2,1-2H3. The number of aromatic nitrogens is 1. The molecule has 6 nitrogen and oxygen atoms in total. The number of rotatable bonds is 5. The zero-order chi connectivity index (χ0) is 15.5. The molecule has 0 radical (unpaired) electrons. The van der Waals surface area contributed by atoms with Gasteiger partial charge in [-0.2, -0.15) is 0 Å². The van der Waals surface area contributed by atoms with Gasteiger partial charge in [-0.25, -0.2) is 9.78 Å². The van der Waals surface area contributed by atoms with E-state index in [9.17, 15) is 4.79 Å². The van der Waals surface area contributed by atoms with Gasteiger partial charge in [-0.05, 0) is 26.9 Å². The molecule has 122 valence electrons. The van der Waals surface area contributed by atoms with Crippen LogP contribution >= 0.6 is 11.3 Å². The zero-order valence-electron chi connectivity index (χ0n) is 13.2. The first-order chi connectivity index (χ1) is 10.7. The van der Waals surface area contributed by atoms with Crippen LogP contribution in [0.15, 0.2) is 6.20 Å². The van der Waals surface area contributed by atoms with E-state index in [4.69, 9.17) is 9.47 Å². The lowest BCUT2D eigenvalue weighted by Gasteiger charge is -2.45. The maximum absolute atomic E-state index is 11.7. The van der Waals surface area contributed by atoms with Crippen LogP contribution in [0.1, 0.15) is 28.0 Å². The number of carbonyl (C=O) groups excluding carboxylic acids is 1. The molecule has 2 fully saturated rings. The predicted molar refractivity (Wildman–Crippen MR) is 84.1 cm³/mol. The lowest BCUT2D eigenvalue weighted by molar-refractivity contribution is -0.0969. The minimum Gasteiger partial charge on any atom is -0.461 e. The molecule has 0 aliphatic carbocycles. The van der Waals surface area contributed by atoms with Gasteiger partial charge in [0.2, 0.25) is 5.01 Å². The summed E-state index contributed by atoms with van der Waals surface area (Å²) >= 11 is 1.42. The Hall–Kier alpha value is -1.02. The van der Waals surface area contributed by atoms with Gasteiger partial charge in [0.25, 0.3) is 0 Å². The summed E-state index contributed by atoms with van der Waals surface area (Å²) in [6.45, 7) is 7.05. The van der Waals surface area contributed by atoms with Gasteiger partial charge >= 0.3 is 5.97 Å². The molecule has 0 spiro atoms. The average molecular weight is 325 g/mol. The first kappa shape index (κ1) is 15.9. The highest BCUT2D eigenvalue weighted by Gasteiger charge is 2.35. The molecular formula is C15H23N3O3S. The summed E-state index contributed by atoms with van der Waals surface area (Å²) in [5, 5.41) is 0.439. The number of hydrogen-bond acceptors (Lipinski definition) is 7. The number of piperidine rings is 1. The maximum Gasteiger partial charge on any atom is 0.367 e. The number of morpholine rings is 1. The Kier molecular flexibility index (Phi) is 5.07. The third-order valence-corrected chi connectivity index (χ3v) is 5.28. The van der Waals surface area contributed by atoms with Crippen molar-refractivity contribution in [3.63, 3.8) is 0 Å². The topological polar surface area (TPSA) is 54.9 Å². The molecule has 2 aliphatic rings. The van der Waals surface area contributed by atoms with Gasteiger partial charge in [0.05, 0.1) is 19.3 Å². The Morgan fingerprint density at radius 3 is 3.27 bits per heavy atom. The van der Waals surface area contributed by atoms with Crippen LogP contribution in [0.4, 0.5) is 0 Å². The second-order valence-electron chi connectivity index (χ2n) is 5.83. The third kappa shape index (κ3) is 3.48. The van der Waals surface area contributed by atoms with Crippen molar-refractivity contribution in [3.8, 4) is 0 Å². The van der Waals surface area contributed by atoms with Crippen molar-refractivity contribution in [2.75, 3.05) is 39.9 Å². The molecule has 2 bridgehead atoms. The van der Waals surface area contributed by atoms with E-state index >= 15 is 0 Å². The van der Waals surface area contributed by atoms with Crippen molar-refractivity contribution in [2.24, 2.45) is 0 Å². The number of nitrogens with zero attached hydrogens (tertiary/aromatic N) is 3. The largest absolute Gasteiger partial charge is 0.461 e. The highest BCUT2D eigenvalue weighted by molar-refractivity contribution is 7.13. The summed E-state index contributed by atoms with van der Waals surface area (Å²) in [5.41, 5.74) is 0. The van der Waals surface area contributed by atoms with E-state index in [0.717, 1.165) is 44.1 Å². The number of fused-ring (bicyclic) bond motifs is 2. The second kappa shape index (κ2) is 7.04. The smallest absolute Gasteiger partial charge is 0.367 e. The van der Waals surface area contributed by atoms with Crippen molar-refractivity contribution in [3.05, 3.63) is 16.1 Å². The fourth-order valence-electron chi connectivity index (χ4n) is 3.20. The average Bonchev–Trinajstić information content (AvgIpc) is 2.96. The Bertz CT molecular complexity index is 522. The number of esters is 1. The van der Waals surface area contributed by atoms with E-state index < -0.39 is 0 Å². The Balaban J connectivity index is 1.59. The minimum atomic E-state index is -0.328. The second-order valence-corrected chi connectivity index (χ2v) is 6.95. The monoisotopic (exact) mass is 325 g/mol. The van der Waals surface area contributed by atoms with Crippen molar-refractivity contribution >= 4 is 17.3 Å². The van der Waals surface area contributed by atoms with E-state index in [1.165, 1.54) is 11.3 Å². The lowest BCUT2D eigenvalue weighted by atomic mass is 9.99. The van der Waals surface area contributed by atoms with Gasteiger partial charge in [-0.1, -0.05) is 0 Å². The molecule has 3 atom stereocenters. The number of ether oxygens (including phenoxy) is 2. The molecular weight excluding hydrogens is 302 g/mol. The molecule has 3 unspecified atom stereocenters. The molecule has 1 aromatic heterocycles. The van der Waals surface area contributed by atoms with E-state index in [1.807, 2.05) is 0 Å². The van der Waals surface area contributed by atoms with Crippen molar-refractivity contribution in [2.45, 2.75) is 32.0 Å². The molecule has 0 aromatic carbocycles. The highest BCUT2D eigenvalue weighted by atomic mass is 32.1. The van der Waals surface area contributed by atoms with E-state index in [0.29, 0.717) is 23.8 Å². The van der Waals surface area contributed by atoms with E-state index in [2.05, 4.69) is 21.8 Å². The normalized spacial score (nSPS) is 27.9. The molecule has 0 saturated carbocycles. The van der Waals surface area contributed by atoms with E-state index in [-0.39, 0.29) is 5.97 Å². The molecule has 0 amide bonds. The van der Waals surface area contributed by atoms with Crippen LogP contribution in [0.25, 0.3) is 0 Å². The quantitative estimate of drug-likeness (QED) is 0.759. The Morgan fingerprint density at radius 2 is 2.45 bits per heavy atom. The van der Waals surface area contributed by atoms with Crippen molar-refractivity contribution in [1.82, 2.24) is 14.8 Å². The molecule has 0 N–H and O–H groups in total. The fourth-order valence-corrected chi connectivity index (χ4v) is 4.07. The van der Waals surface area contributed by atoms with Crippen LogP contribution in [0.2, 0.25) is 0 Å². The SMILES string of the molecule is CCOC(=O)c1ncc(CN(C)C2CCN3CCOC2C3)s1. The zero-order valence-corrected chi connectivity index (χ0v) is 14.0. The third-order valence-electron chi connectivity index (χ3n) is 4.32. The van der Waals surface area contributed by atoms with Crippen LogP contribution in [-0.2, 0) is 16.0 Å². The van der Waals surface area contributed by atoms with Gasteiger partial charge in [0.15, 0.2) is 0 Å². The van der Waals surface area contributed by atoms with Crippen molar-refractivity contribution < 1.29 is 14.3 Å². The van der Waals surface area contributed by atoms with Crippen LogP contribution in [0, 0.1) is 0 Å². The van der Waals surface area contributed by atoms with Crippen molar-refractivity contribution in [1.29, 1.82) is 0 Å². The summed E-state index contributed by atoms with van der Waals surface area (Å²) < 4.78 is 10.9. The number of hydrogen-bond donors (Lipinski definition) is 0. The molecule has 1 aromatic rings. The van der Waals surface area contributed by atoms with Crippen LogP contribution in [-0.4, -0.2) is 72.8 Å². The summed E-state index contributed by atoms with van der Waals surface area (Å²) in [5.74, 6) is -0.328. The van der Waals surface area contributed by atoms with Crippen LogP contribution in [0.5, 0.6) is 0 Å². The molecule has 2 aliphatic heterocycles. The highest BCUT2D eigenvalue weighted by Crippen LogP contribution is 2.24. The van der Waals surface area contributed by atoms with Gasteiger partial charge in [-0.3, -0.25) is 9.80 Å². The number of thiazole rings is 1. The number of carbonyl (C=O) groups is 1. The Morgan fingerprint density at radius 1 is 1.59 bits per heavy atom. The molecule has 3 rings (SSSR count). The lowest BCUT2D eigenvalue weighted by Crippen LogP contribution is -2.57. The van der Waals surface area contributed by atoms with Gasteiger partial charge in [-0.15, -0.1) is 11.3 Å². The van der Waals surface area contributed by atoms with Crippen LogP contribution in [0.3, 0.4) is 0 Å². The first-order valence-electron chi connectivity index (χ1n) is 7.83. The molecule has 7 heteroatoms. The maximum atomic E-state index is 11.7. The molecule has 2 saturated heterocycles. The van der Waals surface area contributed by atoms with Crippen LogP contribution < -0.4 is 0 Å². The predicted octanol–water partition coefficient (Wildman–Crippen LogP) is 1.22. The van der Waals surface area contributed by atoms with Gasteiger partial charge in [0, 0.05) is 36.8 Å². The minimum absolute atomic E-state index is 0.296. The molecule has 3 heterocycles. The summed E-state index contributed by atoms with van der Waals surface area (Å²) in [6.07, 6.45) is 3.21. The summed E-state index contributed by atoms with van der Waals surface area (Å²) in [6, 6.07) is 0.435.